The number of amides is 3. The molecular weight excluding hydrogens is 574 g/mol. The number of carboxylic acids is 1. The first-order chi connectivity index (χ1) is 20.4. The SMILES string of the molecule is O=C(CSc1ccc2ccccc2c1)N[C@@H]1C(=O)N2C(C(=O)O)=C(C=C3CCN(C4CC4)C3=O)CS[C@H]12.c1c[nH]cn1. The van der Waals surface area contributed by atoms with Crippen LogP contribution in [0.25, 0.3) is 10.8 Å². The van der Waals surface area contributed by atoms with E-state index in [1.54, 1.807) is 24.8 Å². The van der Waals surface area contributed by atoms with Crippen LogP contribution < -0.4 is 5.32 Å². The van der Waals surface area contributed by atoms with Crippen LogP contribution in [0.5, 0.6) is 0 Å². The molecule has 1 saturated carbocycles. The highest BCUT2D eigenvalue weighted by Gasteiger charge is 2.54. The van der Waals surface area contributed by atoms with Crippen LogP contribution in [0.4, 0.5) is 0 Å². The highest BCUT2D eigenvalue weighted by molar-refractivity contribution is 8.00. The summed E-state index contributed by atoms with van der Waals surface area (Å²) in [4.78, 5) is 61.0. The number of benzene rings is 2. The summed E-state index contributed by atoms with van der Waals surface area (Å²) < 4.78 is 0. The van der Waals surface area contributed by atoms with Gasteiger partial charge in [0.25, 0.3) is 5.91 Å². The van der Waals surface area contributed by atoms with Gasteiger partial charge in [0.2, 0.25) is 11.8 Å². The van der Waals surface area contributed by atoms with Crippen LogP contribution in [0, 0.1) is 0 Å². The highest BCUT2D eigenvalue weighted by atomic mass is 32.2. The number of aromatic nitrogens is 2. The molecule has 0 bridgehead atoms. The maximum atomic E-state index is 13.0. The van der Waals surface area contributed by atoms with Crippen molar-refractivity contribution in [2.75, 3.05) is 18.1 Å². The molecule has 0 unspecified atom stereocenters. The summed E-state index contributed by atoms with van der Waals surface area (Å²) in [5.41, 5.74) is 0.984. The van der Waals surface area contributed by atoms with Crippen LogP contribution in [-0.2, 0) is 19.2 Å². The second kappa shape index (κ2) is 12.1. The fraction of sp³-hybridized carbons (Fsp3) is 0.300. The number of likely N-dealkylation sites (tertiary alicyclic amines) is 1. The molecule has 0 spiro atoms. The van der Waals surface area contributed by atoms with Gasteiger partial charge in [-0.3, -0.25) is 19.3 Å². The number of aromatic amines is 1. The van der Waals surface area contributed by atoms with Crippen LogP contribution in [0.2, 0.25) is 0 Å². The lowest BCUT2D eigenvalue weighted by Gasteiger charge is -2.49. The molecule has 3 fully saturated rings. The van der Waals surface area contributed by atoms with Gasteiger partial charge in [0.1, 0.15) is 17.1 Å². The smallest absolute Gasteiger partial charge is 0.352 e. The third-order valence-corrected chi connectivity index (χ3v) is 9.80. The second-order valence-electron chi connectivity index (χ2n) is 10.3. The van der Waals surface area contributed by atoms with Gasteiger partial charge in [0.15, 0.2) is 0 Å². The first-order valence-electron chi connectivity index (χ1n) is 13.7. The van der Waals surface area contributed by atoms with Crippen LogP contribution in [0.1, 0.15) is 19.3 Å². The molecule has 2 aromatic carbocycles. The first kappa shape index (κ1) is 28.1. The summed E-state index contributed by atoms with van der Waals surface area (Å²) >= 11 is 2.80. The summed E-state index contributed by atoms with van der Waals surface area (Å²) in [6.45, 7) is 0.661. The molecule has 42 heavy (non-hydrogen) atoms. The number of β-lactam (4-membered cyclic amide) rings is 1. The number of carbonyl (C=O) groups is 4. The summed E-state index contributed by atoms with van der Waals surface area (Å²) in [6.07, 6.45) is 9.38. The van der Waals surface area contributed by atoms with Gasteiger partial charge >= 0.3 is 5.97 Å². The molecule has 10 nitrogen and oxygen atoms in total. The van der Waals surface area contributed by atoms with Crippen molar-refractivity contribution in [2.45, 2.75) is 41.6 Å². The van der Waals surface area contributed by atoms with Crippen molar-refractivity contribution in [1.29, 1.82) is 0 Å². The zero-order valence-electron chi connectivity index (χ0n) is 22.6. The van der Waals surface area contributed by atoms with Crippen LogP contribution in [0.3, 0.4) is 0 Å². The average Bonchev–Trinajstić information content (AvgIpc) is 3.49. The normalized spacial score (nSPS) is 22.5. The Morgan fingerprint density at radius 3 is 2.67 bits per heavy atom. The molecule has 0 radical (unpaired) electrons. The summed E-state index contributed by atoms with van der Waals surface area (Å²) in [5.74, 6) is -1.44. The van der Waals surface area contributed by atoms with E-state index >= 15 is 0 Å². The van der Waals surface area contributed by atoms with Gasteiger partial charge in [-0.15, -0.1) is 23.5 Å². The van der Waals surface area contributed by atoms with Gasteiger partial charge in [-0.25, -0.2) is 9.78 Å². The van der Waals surface area contributed by atoms with Crippen molar-refractivity contribution in [2.24, 2.45) is 0 Å². The van der Waals surface area contributed by atoms with E-state index in [1.807, 2.05) is 47.4 Å². The maximum Gasteiger partial charge on any atom is 0.352 e. The van der Waals surface area contributed by atoms with E-state index in [9.17, 15) is 24.3 Å². The van der Waals surface area contributed by atoms with Crippen molar-refractivity contribution in [3.63, 3.8) is 0 Å². The molecule has 3 aromatic rings. The predicted octanol–water partition coefficient (Wildman–Crippen LogP) is 3.40. The zero-order valence-corrected chi connectivity index (χ0v) is 24.2. The highest BCUT2D eigenvalue weighted by Crippen LogP contribution is 2.42. The monoisotopic (exact) mass is 603 g/mol. The summed E-state index contributed by atoms with van der Waals surface area (Å²) in [5, 5.41) is 14.4. The van der Waals surface area contributed by atoms with Crippen molar-refractivity contribution in [3.05, 3.63) is 84.1 Å². The Morgan fingerprint density at radius 2 is 1.98 bits per heavy atom. The predicted molar refractivity (Wildman–Crippen MR) is 160 cm³/mol. The van der Waals surface area contributed by atoms with Gasteiger partial charge in [-0.2, -0.15) is 0 Å². The molecule has 4 aliphatic rings. The Kier molecular flexibility index (Phi) is 8.07. The number of nitrogens with zero attached hydrogens (tertiary/aromatic N) is 3. The Hall–Kier alpha value is -4.03. The van der Waals surface area contributed by atoms with Gasteiger partial charge in [-0.05, 0) is 53.8 Å². The lowest BCUT2D eigenvalue weighted by molar-refractivity contribution is -0.150. The van der Waals surface area contributed by atoms with Crippen molar-refractivity contribution >= 4 is 58.0 Å². The molecular formula is C30H29N5O5S2. The van der Waals surface area contributed by atoms with Gasteiger partial charge in [0, 0.05) is 41.2 Å². The molecule has 1 aromatic heterocycles. The largest absolute Gasteiger partial charge is 0.477 e. The molecule has 216 valence electrons. The number of H-pyrrole nitrogens is 1. The number of carbonyl (C=O) groups excluding carboxylic acids is 3. The number of nitrogens with one attached hydrogen (secondary N) is 2. The van der Waals surface area contributed by atoms with Gasteiger partial charge in [0.05, 0.1) is 12.1 Å². The van der Waals surface area contributed by atoms with E-state index in [0.717, 1.165) is 28.5 Å². The number of hydrogen-bond donors (Lipinski definition) is 3. The average molecular weight is 604 g/mol. The van der Waals surface area contributed by atoms with E-state index < -0.39 is 23.3 Å². The molecule has 1 aliphatic carbocycles. The van der Waals surface area contributed by atoms with Crippen molar-refractivity contribution < 1.29 is 24.3 Å². The fourth-order valence-corrected chi connectivity index (χ4v) is 7.36. The molecule has 3 amide bonds. The Morgan fingerprint density at radius 1 is 1.17 bits per heavy atom. The second-order valence-corrected chi connectivity index (χ2v) is 12.5. The van der Waals surface area contributed by atoms with Crippen LogP contribution in [0.15, 0.2) is 89.0 Å². The Labute approximate surface area is 250 Å². The number of rotatable bonds is 7. The molecule has 3 aliphatic heterocycles. The number of hydrogen-bond acceptors (Lipinski definition) is 7. The minimum atomic E-state index is -1.20. The van der Waals surface area contributed by atoms with Gasteiger partial charge in [-0.1, -0.05) is 30.3 Å². The third-order valence-electron chi connectivity index (χ3n) is 7.51. The Balaban J connectivity index is 0.000000573. The molecule has 2 saturated heterocycles. The number of aliphatic carboxylic acids is 1. The Bertz CT molecular complexity index is 1580. The molecule has 7 rings (SSSR count). The van der Waals surface area contributed by atoms with Crippen molar-refractivity contribution in [1.82, 2.24) is 25.1 Å². The van der Waals surface area contributed by atoms with E-state index in [2.05, 4.69) is 15.3 Å². The molecule has 12 heteroatoms. The summed E-state index contributed by atoms with van der Waals surface area (Å²) in [6, 6.07) is 13.5. The van der Waals surface area contributed by atoms with Gasteiger partial charge < -0.3 is 20.3 Å². The third kappa shape index (κ3) is 5.82. The topological polar surface area (TPSA) is 136 Å². The zero-order chi connectivity index (χ0) is 29.2. The van der Waals surface area contributed by atoms with E-state index in [4.69, 9.17) is 0 Å². The number of carboxylic acid groups (broad SMARTS) is 1. The number of thioether (sulfide) groups is 2. The summed E-state index contributed by atoms with van der Waals surface area (Å²) in [7, 11) is 0. The fourth-order valence-electron chi connectivity index (χ4n) is 5.30. The lowest BCUT2D eigenvalue weighted by atomic mass is 10.0. The first-order valence-corrected chi connectivity index (χ1v) is 15.7. The maximum absolute atomic E-state index is 13.0. The number of allylic oxidation sites excluding steroid dienone is 1. The van der Waals surface area contributed by atoms with E-state index in [-0.39, 0.29) is 23.3 Å². The van der Waals surface area contributed by atoms with Crippen LogP contribution in [-0.4, -0.2) is 84.1 Å². The minimum absolute atomic E-state index is 0.0316. The quantitative estimate of drug-likeness (QED) is 0.213. The molecule has 4 heterocycles. The minimum Gasteiger partial charge on any atom is -0.477 e. The van der Waals surface area contributed by atoms with E-state index in [0.29, 0.717) is 35.9 Å². The lowest BCUT2D eigenvalue weighted by Crippen LogP contribution is -2.70. The van der Waals surface area contributed by atoms with Crippen molar-refractivity contribution in [3.8, 4) is 0 Å². The van der Waals surface area contributed by atoms with Crippen LogP contribution >= 0.6 is 23.5 Å². The standard InChI is InChI=1S/C27H25N3O5S2.C3H4N2/c31-21(14-36-20-8-5-15-3-1-2-4-16(15)12-20)28-22-25(33)30-23(27(34)35)18(13-37-26(22)30)11-17-9-10-29(24(17)32)19-6-7-19;1-2-5-3-4-1/h1-5,8,11-12,19,22,26H,6-7,9-10,13-14H2,(H,28,31)(H,34,35);1-3H,(H,4,5)/t22-,26-;/m1./s1. The van der Waals surface area contributed by atoms with E-state index in [1.165, 1.54) is 28.4 Å². The number of imidazole rings is 1. The number of fused-ring (bicyclic) bond motifs is 2. The molecule has 3 N–H and O–H groups in total. The molecule has 2 atom stereocenters.